The summed E-state index contributed by atoms with van der Waals surface area (Å²) in [6.07, 6.45) is 4.66. The first-order valence-electron chi connectivity index (χ1n) is 5.78. The van der Waals surface area contributed by atoms with Crippen LogP contribution in [0.4, 0.5) is 0 Å². The minimum atomic E-state index is -0.425. The predicted molar refractivity (Wildman–Crippen MR) is 58.2 cm³/mol. The molecule has 0 unspecified atom stereocenters. The zero-order valence-electron chi connectivity index (χ0n) is 9.88. The zero-order valence-corrected chi connectivity index (χ0v) is 9.88. The first-order chi connectivity index (χ1) is 6.80. The third kappa shape index (κ3) is 2.17. The van der Waals surface area contributed by atoms with Crippen molar-refractivity contribution in [1.82, 2.24) is 0 Å². The monoisotopic (exact) mass is 211 g/mol. The SMILES string of the molecule is CC(C)(C)OC(=O)[C@@H](N)CC12CC(C1)C2. The lowest BCUT2D eigenvalue weighted by atomic mass is 9.43. The van der Waals surface area contributed by atoms with Crippen LogP contribution in [0.15, 0.2) is 0 Å². The van der Waals surface area contributed by atoms with Gasteiger partial charge in [0.15, 0.2) is 0 Å². The molecule has 3 aliphatic rings. The van der Waals surface area contributed by atoms with Crippen LogP contribution in [0, 0.1) is 11.3 Å². The van der Waals surface area contributed by atoms with Gasteiger partial charge >= 0.3 is 5.97 Å². The first-order valence-corrected chi connectivity index (χ1v) is 5.78. The molecule has 3 aliphatic carbocycles. The molecule has 2 N–H and O–H groups in total. The molecule has 86 valence electrons. The van der Waals surface area contributed by atoms with Crippen LogP contribution in [-0.4, -0.2) is 17.6 Å². The van der Waals surface area contributed by atoms with Crippen molar-refractivity contribution in [1.29, 1.82) is 0 Å². The number of rotatable bonds is 3. The molecule has 0 aromatic carbocycles. The van der Waals surface area contributed by atoms with E-state index in [4.69, 9.17) is 10.5 Å². The van der Waals surface area contributed by atoms with Crippen molar-refractivity contribution in [2.75, 3.05) is 0 Å². The molecule has 15 heavy (non-hydrogen) atoms. The van der Waals surface area contributed by atoms with Gasteiger partial charge in [0.25, 0.3) is 0 Å². The molecule has 0 saturated heterocycles. The maximum atomic E-state index is 11.6. The van der Waals surface area contributed by atoms with Crippen molar-refractivity contribution in [2.24, 2.45) is 17.1 Å². The van der Waals surface area contributed by atoms with Crippen molar-refractivity contribution in [3.63, 3.8) is 0 Å². The molecule has 1 atom stereocenters. The minimum absolute atomic E-state index is 0.243. The van der Waals surface area contributed by atoms with E-state index in [2.05, 4.69) is 0 Å². The Kier molecular flexibility index (Phi) is 2.34. The van der Waals surface area contributed by atoms with Crippen molar-refractivity contribution < 1.29 is 9.53 Å². The highest BCUT2D eigenvalue weighted by Gasteiger charge is 2.57. The second kappa shape index (κ2) is 3.21. The molecule has 3 nitrogen and oxygen atoms in total. The topological polar surface area (TPSA) is 52.3 Å². The third-order valence-corrected chi connectivity index (χ3v) is 3.53. The quantitative estimate of drug-likeness (QED) is 0.725. The van der Waals surface area contributed by atoms with Crippen LogP contribution in [0.25, 0.3) is 0 Å². The summed E-state index contributed by atoms with van der Waals surface area (Å²) in [6.45, 7) is 5.62. The van der Waals surface area contributed by atoms with Crippen LogP contribution < -0.4 is 5.73 Å². The van der Waals surface area contributed by atoms with Gasteiger partial charge in [-0.05, 0) is 57.8 Å². The van der Waals surface area contributed by atoms with E-state index < -0.39 is 11.6 Å². The lowest BCUT2D eigenvalue weighted by molar-refractivity contribution is -0.163. The second-order valence-electron chi connectivity index (χ2n) is 6.32. The van der Waals surface area contributed by atoms with E-state index in [0.717, 1.165) is 12.3 Å². The van der Waals surface area contributed by atoms with Crippen LogP contribution >= 0.6 is 0 Å². The van der Waals surface area contributed by atoms with Crippen molar-refractivity contribution >= 4 is 5.97 Å². The zero-order chi connectivity index (χ0) is 11.3. The number of nitrogens with two attached hydrogens (primary N) is 1. The van der Waals surface area contributed by atoms with Gasteiger partial charge in [0, 0.05) is 0 Å². The molecule has 0 spiro atoms. The Hall–Kier alpha value is -0.570. The highest BCUT2D eigenvalue weighted by atomic mass is 16.6. The summed E-state index contributed by atoms with van der Waals surface area (Å²) < 4.78 is 5.27. The molecule has 3 fully saturated rings. The van der Waals surface area contributed by atoms with Crippen LogP contribution in [0.3, 0.4) is 0 Å². The van der Waals surface area contributed by atoms with Crippen LogP contribution in [-0.2, 0) is 9.53 Å². The van der Waals surface area contributed by atoms with E-state index in [9.17, 15) is 4.79 Å². The molecule has 0 aliphatic heterocycles. The molecule has 0 aromatic rings. The maximum Gasteiger partial charge on any atom is 0.323 e. The normalized spacial score (nSPS) is 35.1. The molecule has 2 bridgehead atoms. The highest BCUT2D eigenvalue weighted by Crippen LogP contribution is 2.66. The Morgan fingerprint density at radius 3 is 2.33 bits per heavy atom. The van der Waals surface area contributed by atoms with Gasteiger partial charge in [-0.25, -0.2) is 0 Å². The van der Waals surface area contributed by atoms with Gasteiger partial charge in [0.2, 0.25) is 0 Å². The molecule has 0 heterocycles. The number of hydrogen-bond acceptors (Lipinski definition) is 3. The van der Waals surface area contributed by atoms with E-state index >= 15 is 0 Å². The lowest BCUT2D eigenvalue weighted by Crippen LogP contribution is -2.55. The predicted octanol–water partition coefficient (Wildman–Crippen LogP) is 1.85. The Balaban J connectivity index is 1.80. The molecular weight excluding hydrogens is 190 g/mol. The Morgan fingerprint density at radius 2 is 2.00 bits per heavy atom. The lowest BCUT2D eigenvalue weighted by Gasteiger charge is -2.62. The summed E-state index contributed by atoms with van der Waals surface area (Å²) in [5.41, 5.74) is 5.87. The maximum absolute atomic E-state index is 11.6. The summed E-state index contributed by atoms with van der Waals surface area (Å²) in [4.78, 5) is 11.6. The van der Waals surface area contributed by atoms with Crippen molar-refractivity contribution in [2.45, 2.75) is 58.1 Å². The summed E-state index contributed by atoms with van der Waals surface area (Å²) in [6, 6.07) is -0.425. The van der Waals surface area contributed by atoms with Crippen LogP contribution in [0.5, 0.6) is 0 Å². The fraction of sp³-hybridized carbons (Fsp3) is 0.917. The second-order valence-corrected chi connectivity index (χ2v) is 6.32. The molecular formula is C12H21NO2. The Labute approximate surface area is 91.4 Å². The van der Waals surface area contributed by atoms with Gasteiger partial charge in [-0.15, -0.1) is 0 Å². The van der Waals surface area contributed by atoms with Gasteiger partial charge in [-0.2, -0.15) is 0 Å². The number of ether oxygens (including phenoxy) is 1. The fourth-order valence-corrected chi connectivity index (χ4v) is 2.84. The van der Waals surface area contributed by atoms with Gasteiger partial charge in [-0.1, -0.05) is 0 Å². The average molecular weight is 211 g/mol. The molecule has 3 rings (SSSR count). The minimum Gasteiger partial charge on any atom is -0.459 e. The summed E-state index contributed by atoms with van der Waals surface area (Å²) in [5.74, 6) is 0.697. The number of carbonyl (C=O) groups excluding carboxylic acids is 1. The van der Waals surface area contributed by atoms with E-state index in [1.807, 2.05) is 20.8 Å². The van der Waals surface area contributed by atoms with Crippen molar-refractivity contribution in [3.8, 4) is 0 Å². The number of carbonyl (C=O) groups is 1. The van der Waals surface area contributed by atoms with Crippen LogP contribution in [0.2, 0.25) is 0 Å². The third-order valence-electron chi connectivity index (χ3n) is 3.53. The Morgan fingerprint density at radius 1 is 1.47 bits per heavy atom. The van der Waals surface area contributed by atoms with Gasteiger partial charge in [0.1, 0.15) is 11.6 Å². The molecule has 0 radical (unpaired) electrons. The largest absolute Gasteiger partial charge is 0.459 e. The van der Waals surface area contributed by atoms with Crippen LogP contribution in [0.1, 0.15) is 46.5 Å². The fourth-order valence-electron chi connectivity index (χ4n) is 2.84. The molecule has 3 heteroatoms. The van der Waals surface area contributed by atoms with Gasteiger partial charge in [0.05, 0.1) is 0 Å². The first kappa shape index (κ1) is 10.9. The van der Waals surface area contributed by atoms with Gasteiger partial charge < -0.3 is 10.5 Å². The smallest absolute Gasteiger partial charge is 0.323 e. The van der Waals surface area contributed by atoms with E-state index in [1.54, 1.807) is 0 Å². The summed E-state index contributed by atoms with van der Waals surface area (Å²) in [7, 11) is 0. The van der Waals surface area contributed by atoms with E-state index in [-0.39, 0.29) is 5.97 Å². The molecule has 3 saturated carbocycles. The molecule has 0 aromatic heterocycles. The van der Waals surface area contributed by atoms with E-state index in [0.29, 0.717) is 5.41 Å². The Bertz CT molecular complexity index is 263. The molecule has 0 amide bonds. The highest BCUT2D eigenvalue weighted by molar-refractivity contribution is 5.76. The average Bonchev–Trinajstić information content (AvgIpc) is 1.90. The summed E-state index contributed by atoms with van der Waals surface area (Å²) >= 11 is 0. The summed E-state index contributed by atoms with van der Waals surface area (Å²) in [5, 5.41) is 0. The van der Waals surface area contributed by atoms with E-state index in [1.165, 1.54) is 19.3 Å². The van der Waals surface area contributed by atoms with Crippen molar-refractivity contribution in [3.05, 3.63) is 0 Å². The number of esters is 1. The number of hydrogen-bond donors (Lipinski definition) is 1. The van der Waals surface area contributed by atoms with Gasteiger partial charge in [-0.3, -0.25) is 4.79 Å². The standard InChI is InChI=1S/C12H21NO2/c1-11(2,3)15-10(14)9(13)7-12-4-8(5-12)6-12/h8-9H,4-7,13H2,1-3H3/t8?,9-,12?/m0/s1.